The Labute approximate surface area is 157 Å². The minimum atomic E-state index is 0.253. The maximum atomic E-state index is 9.10. The molecule has 1 heterocycles. The Kier molecular flexibility index (Phi) is 5.40. The zero-order chi connectivity index (χ0) is 18.5. The fourth-order valence-electron chi connectivity index (χ4n) is 2.88. The maximum absolute atomic E-state index is 9.10. The number of nitrogens with zero attached hydrogens (tertiary/aromatic N) is 3. The Bertz CT molecular complexity index is 999. The highest BCUT2D eigenvalue weighted by Gasteiger charge is 2.11. The average molecular weight is 364 g/mol. The summed E-state index contributed by atoms with van der Waals surface area (Å²) in [6, 6.07) is 19.2. The topological polar surface area (TPSA) is 50.3 Å². The van der Waals surface area contributed by atoms with Crippen molar-refractivity contribution in [3.05, 3.63) is 87.7 Å². The van der Waals surface area contributed by atoms with Crippen LogP contribution in [0.3, 0.4) is 0 Å². The quantitative estimate of drug-likeness (QED) is 0.463. The molecule has 0 saturated heterocycles. The van der Waals surface area contributed by atoms with Crippen LogP contribution in [0.1, 0.15) is 28.1 Å². The summed E-state index contributed by atoms with van der Waals surface area (Å²) in [4.78, 5) is 5.38. The molecule has 5 heteroatoms. The first-order chi connectivity index (χ1) is 12.6. The van der Waals surface area contributed by atoms with E-state index in [1.54, 1.807) is 12.3 Å². The van der Waals surface area contributed by atoms with E-state index in [0.29, 0.717) is 10.6 Å². The molecule has 130 valence electrons. The number of nitriles is 1. The molecule has 0 N–H and O–H groups in total. The predicted octanol–water partition coefficient (Wildman–Crippen LogP) is 5.17. The third-order valence-corrected chi connectivity index (χ3v) is 4.51. The van der Waals surface area contributed by atoms with Crippen LogP contribution in [-0.2, 0) is 11.4 Å². The Morgan fingerprint density at radius 2 is 1.88 bits per heavy atom. The Hall–Kier alpha value is -3.03. The molecule has 0 aliphatic heterocycles. The molecule has 0 atom stereocenters. The average Bonchev–Trinajstić information content (AvgIpc) is 2.93. The van der Waals surface area contributed by atoms with Gasteiger partial charge in [-0.05, 0) is 38.1 Å². The van der Waals surface area contributed by atoms with Gasteiger partial charge in [0.15, 0.2) is 0 Å². The fourth-order valence-corrected chi connectivity index (χ4v) is 3.10. The molecule has 0 amide bonds. The third-order valence-electron chi connectivity index (χ3n) is 4.19. The number of aromatic nitrogens is 1. The molecule has 0 radical (unpaired) electrons. The lowest BCUT2D eigenvalue weighted by atomic mass is 10.1. The number of aryl methyl sites for hydroxylation is 1. The lowest BCUT2D eigenvalue weighted by molar-refractivity contribution is 0.132. The summed E-state index contributed by atoms with van der Waals surface area (Å²) in [7, 11) is 0. The summed E-state index contributed by atoms with van der Waals surface area (Å²) >= 11 is 6.33. The lowest BCUT2D eigenvalue weighted by Crippen LogP contribution is -2.00. The molecule has 3 rings (SSSR count). The minimum Gasteiger partial charge on any atom is -0.391 e. The summed E-state index contributed by atoms with van der Waals surface area (Å²) in [6.45, 7) is 4.30. The molecule has 2 aromatic carbocycles. The summed E-state index contributed by atoms with van der Waals surface area (Å²) in [6.07, 6.45) is 1.69. The van der Waals surface area contributed by atoms with E-state index in [9.17, 15) is 0 Å². The summed E-state index contributed by atoms with van der Waals surface area (Å²) < 4.78 is 2.09. The molecule has 26 heavy (non-hydrogen) atoms. The van der Waals surface area contributed by atoms with Gasteiger partial charge in [0.1, 0.15) is 6.61 Å². The van der Waals surface area contributed by atoms with E-state index >= 15 is 0 Å². The molecular formula is C21H18ClN3O. The van der Waals surface area contributed by atoms with Gasteiger partial charge in [0.05, 0.1) is 28.6 Å². The standard InChI is InChI=1S/C21H18ClN3O/c1-15-11-19(16(2)25(15)21-10-6-5-9-20(21)22)13-24-26-14-18-8-4-3-7-17(18)12-23/h3-11,13H,14H2,1-2H3/b24-13-. The van der Waals surface area contributed by atoms with Crippen molar-refractivity contribution in [2.45, 2.75) is 20.5 Å². The van der Waals surface area contributed by atoms with Gasteiger partial charge in [-0.15, -0.1) is 0 Å². The first kappa shape index (κ1) is 17.8. The van der Waals surface area contributed by atoms with E-state index in [1.807, 2.05) is 62.4 Å². The fraction of sp³-hybridized carbons (Fsp3) is 0.143. The van der Waals surface area contributed by atoms with Gasteiger partial charge in [-0.2, -0.15) is 5.26 Å². The SMILES string of the molecule is Cc1cc(/C=N\OCc2ccccc2C#N)c(C)n1-c1ccccc1Cl. The summed E-state index contributed by atoms with van der Waals surface area (Å²) in [5.74, 6) is 0. The Morgan fingerprint density at radius 3 is 2.65 bits per heavy atom. The van der Waals surface area contributed by atoms with Crippen molar-refractivity contribution in [3.63, 3.8) is 0 Å². The van der Waals surface area contributed by atoms with Crippen molar-refractivity contribution in [1.82, 2.24) is 4.57 Å². The van der Waals surface area contributed by atoms with Crippen LogP contribution in [0.4, 0.5) is 0 Å². The second kappa shape index (κ2) is 7.90. The van der Waals surface area contributed by atoms with Gasteiger partial charge in [-0.25, -0.2) is 0 Å². The predicted molar refractivity (Wildman–Crippen MR) is 104 cm³/mol. The van der Waals surface area contributed by atoms with Crippen LogP contribution >= 0.6 is 11.6 Å². The van der Waals surface area contributed by atoms with Crippen molar-refractivity contribution >= 4 is 17.8 Å². The van der Waals surface area contributed by atoms with Gasteiger partial charge in [-0.3, -0.25) is 0 Å². The van der Waals surface area contributed by atoms with Gasteiger partial charge < -0.3 is 9.40 Å². The van der Waals surface area contributed by atoms with Gasteiger partial charge in [0, 0.05) is 22.5 Å². The molecule has 3 aromatic rings. The number of hydrogen-bond donors (Lipinski definition) is 0. The first-order valence-corrected chi connectivity index (χ1v) is 8.57. The normalized spacial score (nSPS) is 10.8. The van der Waals surface area contributed by atoms with Crippen molar-refractivity contribution < 1.29 is 4.84 Å². The highest BCUT2D eigenvalue weighted by atomic mass is 35.5. The molecule has 4 nitrogen and oxygen atoms in total. The smallest absolute Gasteiger partial charge is 0.143 e. The van der Waals surface area contributed by atoms with Crippen molar-refractivity contribution in [2.75, 3.05) is 0 Å². The Balaban J connectivity index is 1.77. The number of rotatable bonds is 5. The number of halogens is 1. The Morgan fingerprint density at radius 1 is 1.15 bits per heavy atom. The van der Waals surface area contributed by atoms with Crippen LogP contribution in [-0.4, -0.2) is 10.8 Å². The molecule has 0 spiro atoms. The van der Waals surface area contributed by atoms with E-state index in [2.05, 4.69) is 15.8 Å². The van der Waals surface area contributed by atoms with E-state index in [-0.39, 0.29) is 6.61 Å². The molecular weight excluding hydrogens is 346 g/mol. The van der Waals surface area contributed by atoms with E-state index < -0.39 is 0 Å². The largest absolute Gasteiger partial charge is 0.391 e. The van der Waals surface area contributed by atoms with Crippen molar-refractivity contribution in [2.24, 2.45) is 5.16 Å². The number of hydrogen-bond acceptors (Lipinski definition) is 3. The minimum absolute atomic E-state index is 0.253. The monoisotopic (exact) mass is 363 g/mol. The summed E-state index contributed by atoms with van der Waals surface area (Å²) in [5, 5.41) is 13.9. The number of para-hydroxylation sites is 1. The van der Waals surface area contributed by atoms with E-state index in [1.165, 1.54) is 0 Å². The lowest BCUT2D eigenvalue weighted by Gasteiger charge is -2.11. The second-order valence-electron chi connectivity index (χ2n) is 5.89. The van der Waals surface area contributed by atoms with Crippen LogP contribution in [0.5, 0.6) is 0 Å². The molecule has 0 fully saturated rings. The number of benzene rings is 2. The molecule has 0 aliphatic rings. The van der Waals surface area contributed by atoms with Gasteiger partial charge >= 0.3 is 0 Å². The zero-order valence-corrected chi connectivity index (χ0v) is 15.4. The summed E-state index contributed by atoms with van der Waals surface area (Å²) in [5.41, 5.74) is 5.39. The molecule has 0 aliphatic carbocycles. The first-order valence-electron chi connectivity index (χ1n) is 8.19. The molecule has 0 unspecified atom stereocenters. The highest BCUT2D eigenvalue weighted by Crippen LogP contribution is 2.25. The molecule has 0 saturated carbocycles. The molecule has 0 bridgehead atoms. The van der Waals surface area contributed by atoms with Crippen LogP contribution < -0.4 is 0 Å². The number of oxime groups is 1. The zero-order valence-electron chi connectivity index (χ0n) is 14.6. The van der Waals surface area contributed by atoms with Crippen LogP contribution in [0.15, 0.2) is 59.8 Å². The van der Waals surface area contributed by atoms with Crippen molar-refractivity contribution in [1.29, 1.82) is 5.26 Å². The van der Waals surface area contributed by atoms with Gasteiger partial charge in [0.2, 0.25) is 0 Å². The maximum Gasteiger partial charge on any atom is 0.143 e. The van der Waals surface area contributed by atoms with Crippen LogP contribution in [0.2, 0.25) is 5.02 Å². The highest BCUT2D eigenvalue weighted by molar-refractivity contribution is 6.32. The second-order valence-corrected chi connectivity index (χ2v) is 6.30. The van der Waals surface area contributed by atoms with Crippen LogP contribution in [0.25, 0.3) is 5.69 Å². The molecule has 1 aromatic heterocycles. The van der Waals surface area contributed by atoms with E-state index in [4.69, 9.17) is 21.7 Å². The van der Waals surface area contributed by atoms with Crippen LogP contribution in [0, 0.1) is 25.2 Å². The van der Waals surface area contributed by atoms with Gasteiger partial charge in [0.25, 0.3) is 0 Å². The third kappa shape index (κ3) is 3.63. The van der Waals surface area contributed by atoms with Crippen molar-refractivity contribution in [3.8, 4) is 11.8 Å². The van der Waals surface area contributed by atoms with E-state index in [0.717, 1.165) is 28.2 Å². The van der Waals surface area contributed by atoms with Gasteiger partial charge in [-0.1, -0.05) is 47.1 Å².